The number of likely N-dealkylation sites (N-methyl/N-ethyl adjacent to an activating group) is 1. The third-order valence-corrected chi connectivity index (χ3v) is 5.46. The van der Waals surface area contributed by atoms with Gasteiger partial charge in [0.2, 0.25) is 0 Å². The van der Waals surface area contributed by atoms with Gasteiger partial charge in [-0.05, 0) is 38.6 Å². The standard InChI is InChI=1S/C17H31N3/c1-4-6-15-7-8-16(12-18)17(11-15)20-10-9-19(5-2)14(3)13-20/h14-17H,4-11,13H2,1-3H3. The molecule has 3 heteroatoms. The number of rotatable bonds is 4. The van der Waals surface area contributed by atoms with Gasteiger partial charge in [-0.15, -0.1) is 0 Å². The van der Waals surface area contributed by atoms with Crippen LogP contribution in [0.25, 0.3) is 0 Å². The van der Waals surface area contributed by atoms with Crippen molar-refractivity contribution in [1.82, 2.24) is 9.80 Å². The van der Waals surface area contributed by atoms with Crippen LogP contribution in [0.5, 0.6) is 0 Å². The molecule has 2 aliphatic rings. The predicted molar refractivity (Wildman–Crippen MR) is 83.4 cm³/mol. The Balaban J connectivity index is 1.99. The van der Waals surface area contributed by atoms with Gasteiger partial charge in [0.1, 0.15) is 0 Å². The number of piperazine rings is 1. The topological polar surface area (TPSA) is 30.3 Å². The van der Waals surface area contributed by atoms with E-state index in [1.54, 1.807) is 0 Å². The molecule has 20 heavy (non-hydrogen) atoms. The van der Waals surface area contributed by atoms with Crippen LogP contribution >= 0.6 is 0 Å². The van der Waals surface area contributed by atoms with Crippen LogP contribution in [0, 0.1) is 23.2 Å². The SMILES string of the molecule is CCCC1CCC(C#N)C(N2CCN(CC)C(C)C2)C1. The van der Waals surface area contributed by atoms with Gasteiger partial charge in [-0.2, -0.15) is 5.26 Å². The van der Waals surface area contributed by atoms with Crippen molar-refractivity contribution >= 4 is 0 Å². The molecular formula is C17H31N3. The molecular weight excluding hydrogens is 246 g/mol. The average Bonchev–Trinajstić information content (AvgIpc) is 2.47. The molecule has 0 spiro atoms. The maximum absolute atomic E-state index is 9.49. The number of nitrogens with zero attached hydrogens (tertiary/aromatic N) is 3. The fourth-order valence-corrected chi connectivity index (χ4v) is 4.25. The minimum absolute atomic E-state index is 0.267. The van der Waals surface area contributed by atoms with E-state index in [1.807, 2.05) is 0 Å². The summed E-state index contributed by atoms with van der Waals surface area (Å²) in [5, 5.41) is 9.49. The molecule has 1 saturated carbocycles. The highest BCUT2D eigenvalue weighted by molar-refractivity contribution is 4.99. The molecule has 3 nitrogen and oxygen atoms in total. The van der Waals surface area contributed by atoms with Crippen LogP contribution in [-0.2, 0) is 0 Å². The van der Waals surface area contributed by atoms with Crippen molar-refractivity contribution in [2.45, 2.75) is 65.0 Å². The first-order chi connectivity index (χ1) is 9.69. The smallest absolute Gasteiger partial charge is 0.0672 e. The first-order valence-corrected chi connectivity index (χ1v) is 8.57. The summed E-state index contributed by atoms with van der Waals surface area (Å²) in [6.07, 6.45) is 6.28. The Bertz CT molecular complexity index is 336. The molecule has 2 fully saturated rings. The molecule has 0 aromatic heterocycles. The van der Waals surface area contributed by atoms with E-state index in [-0.39, 0.29) is 5.92 Å². The predicted octanol–water partition coefficient (Wildman–Crippen LogP) is 3.12. The van der Waals surface area contributed by atoms with Crippen LogP contribution < -0.4 is 0 Å². The summed E-state index contributed by atoms with van der Waals surface area (Å²) < 4.78 is 0. The molecule has 1 aliphatic carbocycles. The second-order valence-electron chi connectivity index (χ2n) is 6.74. The minimum Gasteiger partial charge on any atom is -0.298 e. The fourth-order valence-electron chi connectivity index (χ4n) is 4.25. The summed E-state index contributed by atoms with van der Waals surface area (Å²) in [7, 11) is 0. The van der Waals surface area contributed by atoms with E-state index in [0.717, 1.165) is 32.0 Å². The minimum atomic E-state index is 0.267. The van der Waals surface area contributed by atoms with Crippen LogP contribution in [0.1, 0.15) is 52.9 Å². The Morgan fingerprint density at radius 3 is 2.60 bits per heavy atom. The Labute approximate surface area is 124 Å². The molecule has 0 amide bonds. The molecule has 0 aromatic rings. The lowest BCUT2D eigenvalue weighted by Gasteiger charge is -2.46. The Morgan fingerprint density at radius 2 is 2.00 bits per heavy atom. The molecule has 0 N–H and O–H groups in total. The average molecular weight is 277 g/mol. The maximum atomic E-state index is 9.49. The van der Waals surface area contributed by atoms with Crippen LogP contribution in [0.3, 0.4) is 0 Å². The van der Waals surface area contributed by atoms with Gasteiger partial charge >= 0.3 is 0 Å². The summed E-state index contributed by atoms with van der Waals surface area (Å²) in [5.41, 5.74) is 0. The van der Waals surface area contributed by atoms with Gasteiger partial charge < -0.3 is 0 Å². The number of hydrogen-bond donors (Lipinski definition) is 0. The summed E-state index contributed by atoms with van der Waals surface area (Å²) in [6.45, 7) is 11.5. The lowest BCUT2D eigenvalue weighted by molar-refractivity contribution is 0.0229. The molecule has 0 bridgehead atoms. The molecule has 4 unspecified atom stereocenters. The van der Waals surface area contributed by atoms with Gasteiger partial charge in [-0.1, -0.05) is 26.7 Å². The van der Waals surface area contributed by atoms with Crippen molar-refractivity contribution in [3.05, 3.63) is 0 Å². The molecule has 1 saturated heterocycles. The third kappa shape index (κ3) is 3.54. The zero-order valence-electron chi connectivity index (χ0n) is 13.5. The van der Waals surface area contributed by atoms with Crippen molar-refractivity contribution in [3.63, 3.8) is 0 Å². The van der Waals surface area contributed by atoms with E-state index in [4.69, 9.17) is 0 Å². The van der Waals surface area contributed by atoms with Crippen LogP contribution in [-0.4, -0.2) is 48.1 Å². The normalized spacial score (nSPS) is 36.7. The van der Waals surface area contributed by atoms with Crippen molar-refractivity contribution in [2.75, 3.05) is 26.2 Å². The maximum Gasteiger partial charge on any atom is 0.0672 e. The van der Waals surface area contributed by atoms with E-state index >= 15 is 0 Å². The van der Waals surface area contributed by atoms with Crippen molar-refractivity contribution in [1.29, 1.82) is 5.26 Å². The Kier molecular flexibility index (Phi) is 5.86. The molecule has 1 heterocycles. The van der Waals surface area contributed by atoms with E-state index < -0.39 is 0 Å². The molecule has 2 rings (SSSR count). The van der Waals surface area contributed by atoms with Gasteiger partial charge in [0.05, 0.1) is 12.0 Å². The van der Waals surface area contributed by atoms with Gasteiger partial charge in [0, 0.05) is 31.7 Å². The van der Waals surface area contributed by atoms with E-state index in [0.29, 0.717) is 12.1 Å². The zero-order chi connectivity index (χ0) is 14.5. The highest BCUT2D eigenvalue weighted by Gasteiger charge is 2.36. The van der Waals surface area contributed by atoms with Gasteiger partial charge in [-0.25, -0.2) is 0 Å². The highest BCUT2D eigenvalue weighted by Crippen LogP contribution is 2.35. The van der Waals surface area contributed by atoms with E-state index in [2.05, 4.69) is 36.6 Å². The lowest BCUT2D eigenvalue weighted by atomic mass is 9.76. The van der Waals surface area contributed by atoms with Gasteiger partial charge in [0.15, 0.2) is 0 Å². The van der Waals surface area contributed by atoms with Gasteiger partial charge in [-0.3, -0.25) is 9.80 Å². The first-order valence-electron chi connectivity index (χ1n) is 8.57. The molecule has 1 aliphatic heterocycles. The Morgan fingerprint density at radius 1 is 1.20 bits per heavy atom. The third-order valence-electron chi connectivity index (χ3n) is 5.46. The Hall–Kier alpha value is -0.590. The van der Waals surface area contributed by atoms with Crippen molar-refractivity contribution < 1.29 is 0 Å². The summed E-state index contributed by atoms with van der Waals surface area (Å²) in [5.74, 6) is 1.12. The quantitative estimate of drug-likeness (QED) is 0.791. The van der Waals surface area contributed by atoms with Crippen LogP contribution in [0.15, 0.2) is 0 Å². The lowest BCUT2D eigenvalue weighted by Crippen LogP contribution is -2.57. The summed E-state index contributed by atoms with van der Waals surface area (Å²) in [4.78, 5) is 5.19. The fraction of sp³-hybridized carbons (Fsp3) is 0.941. The van der Waals surface area contributed by atoms with E-state index in [9.17, 15) is 5.26 Å². The largest absolute Gasteiger partial charge is 0.298 e. The van der Waals surface area contributed by atoms with Crippen molar-refractivity contribution in [2.24, 2.45) is 11.8 Å². The zero-order valence-corrected chi connectivity index (χ0v) is 13.5. The number of hydrogen-bond acceptors (Lipinski definition) is 3. The molecule has 0 radical (unpaired) electrons. The van der Waals surface area contributed by atoms with Crippen molar-refractivity contribution in [3.8, 4) is 6.07 Å². The van der Waals surface area contributed by atoms with Gasteiger partial charge in [0.25, 0.3) is 0 Å². The highest BCUT2D eigenvalue weighted by atomic mass is 15.3. The molecule has 0 aromatic carbocycles. The second kappa shape index (κ2) is 7.43. The second-order valence-corrected chi connectivity index (χ2v) is 6.74. The summed E-state index contributed by atoms with van der Waals surface area (Å²) in [6, 6.07) is 3.76. The number of nitriles is 1. The molecule has 114 valence electrons. The first kappa shape index (κ1) is 15.8. The van der Waals surface area contributed by atoms with Crippen LogP contribution in [0.4, 0.5) is 0 Å². The molecule has 4 atom stereocenters. The van der Waals surface area contributed by atoms with Crippen LogP contribution in [0.2, 0.25) is 0 Å². The summed E-state index contributed by atoms with van der Waals surface area (Å²) >= 11 is 0. The monoisotopic (exact) mass is 277 g/mol. The van der Waals surface area contributed by atoms with E-state index in [1.165, 1.54) is 32.2 Å².